The van der Waals surface area contributed by atoms with Crippen molar-refractivity contribution in [3.05, 3.63) is 64.1 Å². The predicted molar refractivity (Wildman–Crippen MR) is 93.2 cm³/mol. The molecule has 0 radical (unpaired) electrons. The largest absolute Gasteiger partial charge is 0.481 e. The highest BCUT2D eigenvalue weighted by molar-refractivity contribution is 9.10. The lowest BCUT2D eigenvalue weighted by atomic mass is 10.1. The van der Waals surface area contributed by atoms with Crippen molar-refractivity contribution in [2.75, 3.05) is 0 Å². The van der Waals surface area contributed by atoms with Crippen LogP contribution in [0.3, 0.4) is 0 Å². The summed E-state index contributed by atoms with van der Waals surface area (Å²) in [5.74, 6) is -1.06. The van der Waals surface area contributed by atoms with Crippen molar-refractivity contribution in [1.82, 2.24) is 4.72 Å². The van der Waals surface area contributed by atoms with Crippen LogP contribution >= 0.6 is 15.9 Å². The SMILES string of the molecule is O=C(O)Cc1ccccc1S(=O)(=O)NC1(c2cccc(Br)c2)CC1. The van der Waals surface area contributed by atoms with Crippen LogP contribution in [0.5, 0.6) is 0 Å². The van der Waals surface area contributed by atoms with Gasteiger partial charge in [-0.25, -0.2) is 13.1 Å². The summed E-state index contributed by atoms with van der Waals surface area (Å²) >= 11 is 3.40. The van der Waals surface area contributed by atoms with Crippen molar-refractivity contribution in [3.8, 4) is 0 Å². The number of aliphatic carboxylic acids is 1. The Labute approximate surface area is 148 Å². The zero-order chi connectivity index (χ0) is 17.4. The molecule has 1 fully saturated rings. The summed E-state index contributed by atoms with van der Waals surface area (Å²) in [6, 6.07) is 13.8. The van der Waals surface area contributed by atoms with Crippen LogP contribution < -0.4 is 4.72 Å². The van der Waals surface area contributed by atoms with E-state index < -0.39 is 21.5 Å². The first kappa shape index (κ1) is 17.1. The molecule has 0 aliphatic heterocycles. The van der Waals surface area contributed by atoms with Crippen LogP contribution in [0, 0.1) is 0 Å². The second-order valence-corrected chi connectivity index (χ2v) is 8.44. The molecule has 1 aliphatic carbocycles. The molecule has 3 rings (SSSR count). The van der Waals surface area contributed by atoms with Gasteiger partial charge >= 0.3 is 5.97 Å². The van der Waals surface area contributed by atoms with Gasteiger partial charge in [0.15, 0.2) is 0 Å². The lowest BCUT2D eigenvalue weighted by Gasteiger charge is -2.19. The Kier molecular flexibility index (Phi) is 4.50. The smallest absolute Gasteiger partial charge is 0.307 e. The zero-order valence-electron chi connectivity index (χ0n) is 12.7. The molecule has 2 N–H and O–H groups in total. The molecule has 2 aromatic rings. The third-order valence-corrected chi connectivity index (χ3v) is 6.19. The Balaban J connectivity index is 1.94. The summed E-state index contributed by atoms with van der Waals surface area (Å²) in [5.41, 5.74) is 0.567. The molecule has 0 aromatic heterocycles. The van der Waals surface area contributed by atoms with E-state index in [2.05, 4.69) is 20.7 Å². The zero-order valence-corrected chi connectivity index (χ0v) is 15.1. The maximum Gasteiger partial charge on any atom is 0.307 e. The fourth-order valence-electron chi connectivity index (χ4n) is 2.75. The molecule has 0 amide bonds. The van der Waals surface area contributed by atoms with Crippen molar-refractivity contribution in [1.29, 1.82) is 0 Å². The minimum Gasteiger partial charge on any atom is -0.481 e. The number of carbonyl (C=O) groups is 1. The summed E-state index contributed by atoms with van der Waals surface area (Å²) in [5, 5.41) is 8.99. The Morgan fingerprint density at radius 3 is 2.50 bits per heavy atom. The highest BCUT2D eigenvalue weighted by Gasteiger charge is 2.47. The van der Waals surface area contributed by atoms with Gasteiger partial charge in [-0.1, -0.05) is 46.3 Å². The molecule has 0 saturated heterocycles. The number of nitrogens with one attached hydrogen (secondary N) is 1. The van der Waals surface area contributed by atoms with Crippen molar-refractivity contribution < 1.29 is 18.3 Å². The monoisotopic (exact) mass is 409 g/mol. The van der Waals surface area contributed by atoms with E-state index >= 15 is 0 Å². The van der Waals surface area contributed by atoms with Gasteiger partial charge in [-0.2, -0.15) is 0 Å². The van der Waals surface area contributed by atoms with Crippen LogP contribution in [-0.4, -0.2) is 19.5 Å². The second kappa shape index (κ2) is 6.31. The molecular formula is C17H16BrNO4S. The van der Waals surface area contributed by atoms with Gasteiger partial charge < -0.3 is 5.11 Å². The Morgan fingerprint density at radius 2 is 1.88 bits per heavy atom. The first-order valence-electron chi connectivity index (χ1n) is 7.42. The minimum atomic E-state index is -3.82. The summed E-state index contributed by atoms with van der Waals surface area (Å²) in [6.07, 6.45) is 1.09. The summed E-state index contributed by atoms with van der Waals surface area (Å²) in [6.45, 7) is 0. The van der Waals surface area contributed by atoms with E-state index in [1.54, 1.807) is 12.1 Å². The molecule has 24 heavy (non-hydrogen) atoms. The molecule has 1 aliphatic rings. The van der Waals surface area contributed by atoms with Crippen LogP contribution in [0.25, 0.3) is 0 Å². The number of halogens is 1. The Morgan fingerprint density at radius 1 is 1.17 bits per heavy atom. The number of hydrogen-bond acceptors (Lipinski definition) is 3. The molecule has 0 unspecified atom stereocenters. The van der Waals surface area contributed by atoms with Crippen LogP contribution in [0.15, 0.2) is 57.9 Å². The fraction of sp³-hybridized carbons (Fsp3) is 0.235. The van der Waals surface area contributed by atoms with Crippen molar-refractivity contribution in [2.24, 2.45) is 0 Å². The van der Waals surface area contributed by atoms with Crippen molar-refractivity contribution >= 4 is 31.9 Å². The number of benzene rings is 2. The number of carboxylic acids is 1. The number of carboxylic acid groups (broad SMARTS) is 1. The van der Waals surface area contributed by atoms with Gasteiger partial charge in [0.05, 0.1) is 16.9 Å². The molecular weight excluding hydrogens is 394 g/mol. The van der Waals surface area contributed by atoms with E-state index in [0.717, 1.165) is 10.0 Å². The van der Waals surface area contributed by atoms with Gasteiger partial charge in [-0.3, -0.25) is 4.79 Å². The number of hydrogen-bond donors (Lipinski definition) is 2. The molecule has 0 heterocycles. The lowest BCUT2D eigenvalue weighted by Crippen LogP contribution is -2.35. The first-order valence-corrected chi connectivity index (χ1v) is 9.70. The highest BCUT2D eigenvalue weighted by atomic mass is 79.9. The van der Waals surface area contributed by atoms with Crippen LogP contribution in [-0.2, 0) is 26.8 Å². The highest BCUT2D eigenvalue weighted by Crippen LogP contribution is 2.47. The Hall–Kier alpha value is -1.70. The van der Waals surface area contributed by atoms with E-state index in [9.17, 15) is 13.2 Å². The van der Waals surface area contributed by atoms with Crippen LogP contribution in [0.2, 0.25) is 0 Å². The molecule has 2 aromatic carbocycles. The third kappa shape index (κ3) is 3.53. The van der Waals surface area contributed by atoms with Crippen LogP contribution in [0.1, 0.15) is 24.0 Å². The quantitative estimate of drug-likeness (QED) is 0.767. The fourth-order valence-corrected chi connectivity index (χ4v) is 4.84. The van der Waals surface area contributed by atoms with E-state index in [-0.39, 0.29) is 16.9 Å². The van der Waals surface area contributed by atoms with E-state index in [4.69, 9.17) is 5.11 Å². The van der Waals surface area contributed by atoms with Crippen LogP contribution in [0.4, 0.5) is 0 Å². The maximum absolute atomic E-state index is 12.8. The van der Waals surface area contributed by atoms with Gasteiger partial charge in [0.2, 0.25) is 10.0 Å². The van der Waals surface area contributed by atoms with Crippen molar-refractivity contribution in [3.63, 3.8) is 0 Å². The topological polar surface area (TPSA) is 83.5 Å². The maximum atomic E-state index is 12.8. The molecule has 7 heteroatoms. The normalized spacial score (nSPS) is 15.9. The number of rotatable bonds is 6. The lowest BCUT2D eigenvalue weighted by molar-refractivity contribution is -0.136. The van der Waals surface area contributed by atoms with Gasteiger partial charge in [0.25, 0.3) is 0 Å². The Bertz CT molecular complexity index is 891. The molecule has 5 nitrogen and oxygen atoms in total. The van der Waals surface area contributed by atoms with E-state index in [0.29, 0.717) is 12.8 Å². The van der Waals surface area contributed by atoms with Gasteiger partial charge in [-0.05, 0) is 42.2 Å². The van der Waals surface area contributed by atoms with E-state index in [1.807, 2.05) is 24.3 Å². The molecule has 0 atom stereocenters. The van der Waals surface area contributed by atoms with E-state index in [1.165, 1.54) is 12.1 Å². The van der Waals surface area contributed by atoms with Crippen molar-refractivity contribution in [2.45, 2.75) is 29.7 Å². The van der Waals surface area contributed by atoms with Gasteiger partial charge in [0.1, 0.15) is 0 Å². The molecule has 1 saturated carbocycles. The van der Waals surface area contributed by atoms with Gasteiger partial charge in [-0.15, -0.1) is 0 Å². The third-order valence-electron chi connectivity index (χ3n) is 4.06. The molecule has 126 valence electrons. The standard InChI is InChI=1S/C17H16BrNO4S/c18-14-6-3-5-13(11-14)17(8-9-17)19-24(22,23)15-7-2-1-4-12(15)10-16(20)21/h1-7,11,19H,8-10H2,(H,20,21). The average Bonchev–Trinajstić information content (AvgIpc) is 3.27. The number of sulfonamides is 1. The predicted octanol–water partition coefficient (Wildman–Crippen LogP) is 3.04. The summed E-state index contributed by atoms with van der Waals surface area (Å²) in [7, 11) is -3.82. The van der Waals surface area contributed by atoms with Gasteiger partial charge in [0, 0.05) is 4.47 Å². The first-order chi connectivity index (χ1) is 11.3. The second-order valence-electron chi connectivity index (χ2n) is 5.88. The molecule has 0 spiro atoms. The summed E-state index contributed by atoms with van der Waals surface area (Å²) in [4.78, 5) is 11.0. The minimum absolute atomic E-state index is 0.0219. The summed E-state index contributed by atoms with van der Waals surface area (Å²) < 4.78 is 29.3. The molecule has 0 bridgehead atoms. The average molecular weight is 410 g/mol.